The highest BCUT2D eigenvalue weighted by Gasteiger charge is 2.28. The molecule has 4 rings (SSSR count). The summed E-state index contributed by atoms with van der Waals surface area (Å²) in [7, 11) is 2.07. The largest absolute Gasteiger partial charge is 0.343 e. The van der Waals surface area contributed by atoms with Crippen molar-refractivity contribution in [2.45, 2.75) is 40.3 Å². The van der Waals surface area contributed by atoms with Crippen molar-refractivity contribution in [1.29, 1.82) is 0 Å². The van der Waals surface area contributed by atoms with Crippen molar-refractivity contribution in [2.24, 2.45) is 13.0 Å². The zero-order valence-electron chi connectivity index (χ0n) is 19.0. The second kappa shape index (κ2) is 8.94. The third-order valence-corrected chi connectivity index (χ3v) is 6.54. The number of rotatable bonds is 5. The van der Waals surface area contributed by atoms with Gasteiger partial charge in [0.1, 0.15) is 5.69 Å². The van der Waals surface area contributed by atoms with Gasteiger partial charge < -0.3 is 9.47 Å². The van der Waals surface area contributed by atoms with Gasteiger partial charge in [0.25, 0.3) is 5.91 Å². The Morgan fingerprint density at radius 1 is 1.00 bits per heavy atom. The third kappa shape index (κ3) is 4.62. The minimum absolute atomic E-state index is 0.196. The van der Waals surface area contributed by atoms with Gasteiger partial charge in [0, 0.05) is 71.5 Å². The van der Waals surface area contributed by atoms with Gasteiger partial charge in [0.15, 0.2) is 0 Å². The summed E-state index contributed by atoms with van der Waals surface area (Å²) in [6.45, 7) is 14.3. The Bertz CT molecular complexity index is 875. The molecule has 0 unspecified atom stereocenters. The molecule has 5 heteroatoms. The SMILES string of the molecule is Cc1ccc(CN2CCc3c(cc(C(=O)N4CCN(CC(C)C)CC4)n3C)C2)cc1. The zero-order chi connectivity index (χ0) is 21.3. The number of nitrogens with zero attached hydrogens (tertiary/aromatic N) is 4. The third-order valence-electron chi connectivity index (χ3n) is 6.54. The normalized spacial score (nSPS) is 18.1. The van der Waals surface area contributed by atoms with E-state index in [1.807, 2.05) is 4.90 Å². The molecule has 2 aliphatic heterocycles. The Morgan fingerprint density at radius 2 is 1.70 bits per heavy atom. The van der Waals surface area contributed by atoms with Crippen molar-refractivity contribution in [3.05, 3.63) is 58.4 Å². The number of hydrogen-bond acceptors (Lipinski definition) is 3. The first kappa shape index (κ1) is 21.1. The molecule has 2 aromatic rings. The van der Waals surface area contributed by atoms with Gasteiger partial charge in [0.05, 0.1) is 0 Å². The van der Waals surface area contributed by atoms with Gasteiger partial charge in [-0.15, -0.1) is 0 Å². The summed E-state index contributed by atoms with van der Waals surface area (Å²) in [5, 5.41) is 0. The van der Waals surface area contributed by atoms with Gasteiger partial charge in [-0.25, -0.2) is 0 Å². The van der Waals surface area contributed by atoms with Crippen molar-refractivity contribution >= 4 is 5.91 Å². The van der Waals surface area contributed by atoms with E-state index in [9.17, 15) is 4.79 Å². The van der Waals surface area contributed by atoms with E-state index in [0.29, 0.717) is 5.92 Å². The first-order chi connectivity index (χ1) is 14.4. The number of amides is 1. The van der Waals surface area contributed by atoms with E-state index >= 15 is 0 Å². The summed E-state index contributed by atoms with van der Waals surface area (Å²) < 4.78 is 2.15. The second-order valence-electron chi connectivity index (χ2n) is 9.49. The smallest absolute Gasteiger partial charge is 0.270 e. The van der Waals surface area contributed by atoms with Crippen LogP contribution in [0.3, 0.4) is 0 Å². The van der Waals surface area contributed by atoms with Crippen molar-refractivity contribution in [2.75, 3.05) is 39.3 Å². The molecular weight excluding hydrogens is 372 g/mol. The predicted octanol–water partition coefficient (Wildman–Crippen LogP) is 3.31. The highest BCUT2D eigenvalue weighted by atomic mass is 16.2. The topological polar surface area (TPSA) is 31.7 Å². The van der Waals surface area contributed by atoms with Gasteiger partial charge in [-0.05, 0) is 30.0 Å². The lowest BCUT2D eigenvalue weighted by Crippen LogP contribution is -2.49. The minimum Gasteiger partial charge on any atom is -0.343 e. The molecule has 0 N–H and O–H groups in total. The van der Waals surface area contributed by atoms with Crippen LogP contribution in [0.2, 0.25) is 0 Å². The fourth-order valence-electron chi connectivity index (χ4n) is 4.86. The standard InChI is InChI=1S/C25H36N4O/c1-19(2)16-27-11-13-29(14-12-27)25(30)24-15-22-18-28(10-9-23(22)26(24)4)17-21-7-5-20(3)6-8-21/h5-8,15,19H,9-14,16-18H2,1-4H3. The van der Waals surface area contributed by atoms with Gasteiger partial charge in [0.2, 0.25) is 0 Å². The van der Waals surface area contributed by atoms with E-state index in [4.69, 9.17) is 0 Å². The average molecular weight is 409 g/mol. The van der Waals surface area contributed by atoms with Crippen molar-refractivity contribution < 1.29 is 4.79 Å². The van der Waals surface area contributed by atoms with Crippen molar-refractivity contribution in [3.8, 4) is 0 Å². The van der Waals surface area contributed by atoms with Crippen LogP contribution >= 0.6 is 0 Å². The number of piperazine rings is 1. The number of carbonyl (C=O) groups is 1. The van der Waals surface area contributed by atoms with Gasteiger partial charge >= 0.3 is 0 Å². The lowest BCUT2D eigenvalue weighted by atomic mass is 10.1. The Kier molecular flexibility index (Phi) is 6.30. The molecule has 1 amide bonds. The number of benzene rings is 1. The number of aromatic nitrogens is 1. The molecule has 0 spiro atoms. The van der Waals surface area contributed by atoms with Crippen LogP contribution in [0.25, 0.3) is 0 Å². The van der Waals surface area contributed by atoms with E-state index in [2.05, 4.69) is 72.5 Å². The van der Waals surface area contributed by atoms with Gasteiger partial charge in [-0.2, -0.15) is 0 Å². The van der Waals surface area contributed by atoms with Crippen LogP contribution in [0.4, 0.5) is 0 Å². The van der Waals surface area contributed by atoms with Gasteiger partial charge in [-0.1, -0.05) is 43.7 Å². The molecule has 1 saturated heterocycles. The molecule has 0 aliphatic carbocycles. The molecule has 0 radical (unpaired) electrons. The minimum atomic E-state index is 0.196. The summed E-state index contributed by atoms with van der Waals surface area (Å²) in [6.07, 6.45) is 1.01. The Hall–Kier alpha value is -2.11. The second-order valence-corrected chi connectivity index (χ2v) is 9.49. The fourth-order valence-corrected chi connectivity index (χ4v) is 4.86. The van der Waals surface area contributed by atoms with E-state index in [1.54, 1.807) is 0 Å². The molecule has 162 valence electrons. The van der Waals surface area contributed by atoms with E-state index in [1.165, 1.54) is 22.4 Å². The lowest BCUT2D eigenvalue weighted by Gasteiger charge is -2.35. The van der Waals surface area contributed by atoms with Crippen LogP contribution in [-0.4, -0.2) is 64.4 Å². The maximum Gasteiger partial charge on any atom is 0.270 e. The number of fused-ring (bicyclic) bond motifs is 1. The first-order valence-electron chi connectivity index (χ1n) is 11.4. The summed E-state index contributed by atoms with van der Waals surface area (Å²) in [4.78, 5) is 20.3. The monoisotopic (exact) mass is 408 g/mol. The first-order valence-corrected chi connectivity index (χ1v) is 11.4. The average Bonchev–Trinajstić information content (AvgIpc) is 3.05. The Morgan fingerprint density at radius 3 is 2.37 bits per heavy atom. The number of carbonyl (C=O) groups excluding carboxylic acids is 1. The van der Waals surface area contributed by atoms with E-state index in [0.717, 1.165) is 64.5 Å². The molecule has 5 nitrogen and oxygen atoms in total. The molecule has 3 heterocycles. The van der Waals surface area contributed by atoms with Crippen molar-refractivity contribution in [3.63, 3.8) is 0 Å². The van der Waals surface area contributed by atoms with Crippen LogP contribution in [0, 0.1) is 12.8 Å². The molecule has 0 atom stereocenters. The molecule has 0 bridgehead atoms. The number of hydrogen-bond donors (Lipinski definition) is 0. The fraction of sp³-hybridized carbons (Fsp3) is 0.560. The summed E-state index contributed by atoms with van der Waals surface area (Å²) in [6, 6.07) is 11.0. The summed E-state index contributed by atoms with van der Waals surface area (Å²) in [5.41, 5.74) is 6.16. The zero-order valence-corrected chi connectivity index (χ0v) is 19.0. The maximum absolute atomic E-state index is 13.2. The van der Waals surface area contributed by atoms with E-state index < -0.39 is 0 Å². The van der Waals surface area contributed by atoms with E-state index in [-0.39, 0.29) is 5.91 Å². The Labute approximate surface area is 181 Å². The quantitative estimate of drug-likeness (QED) is 0.761. The highest BCUT2D eigenvalue weighted by Crippen LogP contribution is 2.25. The van der Waals surface area contributed by atoms with Crippen LogP contribution in [0.1, 0.15) is 46.7 Å². The molecule has 0 saturated carbocycles. The lowest BCUT2D eigenvalue weighted by molar-refractivity contribution is 0.0614. The molecule has 1 aromatic carbocycles. The van der Waals surface area contributed by atoms with Crippen molar-refractivity contribution in [1.82, 2.24) is 19.3 Å². The predicted molar refractivity (Wildman–Crippen MR) is 122 cm³/mol. The number of aryl methyl sites for hydroxylation is 1. The molecule has 1 aromatic heterocycles. The van der Waals surface area contributed by atoms with Crippen LogP contribution < -0.4 is 0 Å². The molecule has 1 fully saturated rings. The molecule has 2 aliphatic rings. The molecular formula is C25H36N4O. The summed E-state index contributed by atoms with van der Waals surface area (Å²) in [5.74, 6) is 0.871. The summed E-state index contributed by atoms with van der Waals surface area (Å²) >= 11 is 0. The molecule has 30 heavy (non-hydrogen) atoms. The van der Waals surface area contributed by atoms with Crippen LogP contribution in [-0.2, 0) is 26.6 Å². The van der Waals surface area contributed by atoms with Crippen LogP contribution in [0.5, 0.6) is 0 Å². The van der Waals surface area contributed by atoms with Gasteiger partial charge in [-0.3, -0.25) is 14.6 Å². The van der Waals surface area contributed by atoms with Crippen LogP contribution in [0.15, 0.2) is 30.3 Å². The Balaban J connectivity index is 1.40. The highest BCUT2D eigenvalue weighted by molar-refractivity contribution is 5.93. The maximum atomic E-state index is 13.2.